The number of hydrogen-bond acceptors (Lipinski definition) is 5. The third kappa shape index (κ3) is 2.01. The first kappa shape index (κ1) is 12.8. The van der Waals surface area contributed by atoms with Gasteiger partial charge in [-0.3, -0.25) is 4.79 Å². The van der Waals surface area contributed by atoms with E-state index in [0.717, 1.165) is 45.0 Å². The van der Waals surface area contributed by atoms with Crippen molar-refractivity contribution in [2.24, 2.45) is 5.41 Å². The zero-order chi connectivity index (χ0) is 14.4. The van der Waals surface area contributed by atoms with Gasteiger partial charge in [0.2, 0.25) is 0 Å². The highest BCUT2D eigenvalue weighted by Gasteiger charge is 2.41. The van der Waals surface area contributed by atoms with E-state index < -0.39 is 0 Å². The highest BCUT2D eigenvalue weighted by atomic mass is 16.5. The number of fused-ring (bicyclic) bond motifs is 1. The van der Waals surface area contributed by atoms with Crippen molar-refractivity contribution < 1.29 is 9.53 Å². The molecule has 1 spiro atoms. The Kier molecular flexibility index (Phi) is 2.75. The van der Waals surface area contributed by atoms with E-state index in [1.807, 2.05) is 12.3 Å². The summed E-state index contributed by atoms with van der Waals surface area (Å²) in [5.41, 5.74) is 1.52. The zero-order valence-corrected chi connectivity index (χ0v) is 12.1. The number of carbonyl (C=O) groups is 1. The third-order valence-corrected chi connectivity index (χ3v) is 4.68. The van der Waals surface area contributed by atoms with E-state index in [1.165, 1.54) is 0 Å². The molecule has 4 rings (SSSR count). The molecular weight excluding hydrogens is 268 g/mol. The van der Waals surface area contributed by atoms with Gasteiger partial charge in [-0.25, -0.2) is 9.50 Å². The predicted octanol–water partition coefficient (Wildman–Crippen LogP) is 1.55. The number of Topliss-reactive ketones (excluding diaryl/α,β-unsaturated/α-hetero) is 1. The molecule has 2 fully saturated rings. The van der Waals surface area contributed by atoms with Gasteiger partial charge >= 0.3 is 0 Å². The van der Waals surface area contributed by atoms with Gasteiger partial charge in [0.15, 0.2) is 11.4 Å². The van der Waals surface area contributed by atoms with Crippen LogP contribution in [0.5, 0.6) is 0 Å². The molecule has 6 nitrogen and oxygen atoms in total. The maximum absolute atomic E-state index is 11.6. The zero-order valence-electron chi connectivity index (χ0n) is 12.1. The fourth-order valence-electron chi connectivity index (χ4n) is 3.39. The number of ketones is 1. The summed E-state index contributed by atoms with van der Waals surface area (Å²) in [4.78, 5) is 18.6. The molecule has 2 aromatic heterocycles. The van der Waals surface area contributed by atoms with Gasteiger partial charge in [-0.1, -0.05) is 0 Å². The Balaban J connectivity index is 1.68. The predicted molar refractivity (Wildman–Crippen MR) is 77.7 cm³/mol. The van der Waals surface area contributed by atoms with Crippen LogP contribution in [0.15, 0.2) is 18.5 Å². The van der Waals surface area contributed by atoms with Gasteiger partial charge in [0.1, 0.15) is 5.82 Å². The monoisotopic (exact) mass is 286 g/mol. The van der Waals surface area contributed by atoms with Crippen molar-refractivity contribution >= 4 is 17.2 Å². The van der Waals surface area contributed by atoms with E-state index in [-0.39, 0.29) is 5.78 Å². The summed E-state index contributed by atoms with van der Waals surface area (Å²) in [7, 11) is 0. The summed E-state index contributed by atoms with van der Waals surface area (Å²) in [6.45, 7) is 5.26. The van der Waals surface area contributed by atoms with Crippen molar-refractivity contribution in [2.75, 3.05) is 31.2 Å². The van der Waals surface area contributed by atoms with Crippen LogP contribution < -0.4 is 4.90 Å². The molecule has 6 heteroatoms. The topological polar surface area (TPSA) is 59.7 Å². The number of ether oxygens (including phenoxy) is 1. The van der Waals surface area contributed by atoms with Crippen molar-refractivity contribution in [1.82, 2.24) is 14.6 Å². The Morgan fingerprint density at radius 1 is 1.43 bits per heavy atom. The largest absolute Gasteiger partial charge is 0.381 e. The van der Waals surface area contributed by atoms with Crippen LogP contribution in [0.4, 0.5) is 5.82 Å². The van der Waals surface area contributed by atoms with E-state index in [0.29, 0.717) is 16.6 Å². The molecule has 21 heavy (non-hydrogen) atoms. The summed E-state index contributed by atoms with van der Waals surface area (Å²) < 4.78 is 7.23. The Morgan fingerprint density at radius 2 is 2.33 bits per heavy atom. The molecule has 0 aromatic carbocycles. The number of carbonyl (C=O) groups excluding carboxylic acids is 1. The molecule has 0 bridgehead atoms. The van der Waals surface area contributed by atoms with E-state index in [1.54, 1.807) is 17.6 Å². The summed E-state index contributed by atoms with van der Waals surface area (Å²) >= 11 is 0. The first-order chi connectivity index (χ1) is 10.2. The van der Waals surface area contributed by atoms with Crippen molar-refractivity contribution in [3.63, 3.8) is 0 Å². The van der Waals surface area contributed by atoms with Crippen LogP contribution in [-0.4, -0.2) is 46.7 Å². The molecule has 2 aromatic rings. The second-order valence-electron chi connectivity index (χ2n) is 6.14. The standard InChI is InChI=1S/C15H18N4O2/c1-11(20)12-8-16-19-5-2-13(17-14(12)19)18-6-3-15(9-18)4-7-21-10-15/h2,5,8H,3-4,6-7,9-10H2,1H3. The lowest BCUT2D eigenvalue weighted by atomic mass is 9.87. The number of aromatic nitrogens is 3. The smallest absolute Gasteiger partial charge is 0.168 e. The molecule has 1 atom stereocenters. The van der Waals surface area contributed by atoms with Gasteiger partial charge in [0.05, 0.1) is 18.4 Å². The van der Waals surface area contributed by atoms with E-state index in [9.17, 15) is 4.79 Å². The lowest BCUT2D eigenvalue weighted by molar-refractivity contribution is 0.101. The van der Waals surface area contributed by atoms with Crippen LogP contribution in [0, 0.1) is 5.41 Å². The van der Waals surface area contributed by atoms with Crippen LogP contribution in [-0.2, 0) is 4.74 Å². The van der Waals surface area contributed by atoms with E-state index in [4.69, 9.17) is 4.74 Å². The molecule has 1 unspecified atom stereocenters. The van der Waals surface area contributed by atoms with Crippen LogP contribution in [0.25, 0.3) is 5.65 Å². The fourth-order valence-corrected chi connectivity index (χ4v) is 3.39. The minimum absolute atomic E-state index is 0.00302. The molecular formula is C15H18N4O2. The highest BCUT2D eigenvalue weighted by molar-refractivity contribution is 5.99. The second-order valence-corrected chi connectivity index (χ2v) is 6.14. The number of rotatable bonds is 2. The van der Waals surface area contributed by atoms with Crippen molar-refractivity contribution in [3.05, 3.63) is 24.0 Å². The number of anilines is 1. The SMILES string of the molecule is CC(=O)c1cnn2ccc(N3CCC4(CCOC4)C3)nc12. The van der Waals surface area contributed by atoms with Crippen molar-refractivity contribution in [1.29, 1.82) is 0 Å². The maximum Gasteiger partial charge on any atom is 0.168 e. The molecule has 110 valence electrons. The molecule has 4 heterocycles. The quantitative estimate of drug-likeness (QED) is 0.784. The van der Waals surface area contributed by atoms with Crippen LogP contribution in [0.1, 0.15) is 30.1 Å². The van der Waals surface area contributed by atoms with Gasteiger partial charge in [0.25, 0.3) is 0 Å². The van der Waals surface area contributed by atoms with Crippen LogP contribution in [0.2, 0.25) is 0 Å². The minimum Gasteiger partial charge on any atom is -0.381 e. The molecule has 2 saturated heterocycles. The van der Waals surface area contributed by atoms with Crippen molar-refractivity contribution in [2.45, 2.75) is 19.8 Å². The maximum atomic E-state index is 11.6. The summed E-state index contributed by atoms with van der Waals surface area (Å²) in [5, 5.41) is 4.17. The molecule has 2 aliphatic heterocycles. The molecule has 0 aliphatic carbocycles. The summed E-state index contributed by atoms with van der Waals surface area (Å²) in [5.74, 6) is 0.922. The van der Waals surface area contributed by atoms with Crippen LogP contribution >= 0.6 is 0 Å². The van der Waals surface area contributed by atoms with Gasteiger partial charge in [-0.2, -0.15) is 5.10 Å². The first-order valence-electron chi connectivity index (χ1n) is 7.35. The second kappa shape index (κ2) is 4.53. The number of hydrogen-bond donors (Lipinski definition) is 0. The molecule has 2 aliphatic rings. The molecule has 0 N–H and O–H groups in total. The fraction of sp³-hybridized carbons (Fsp3) is 0.533. The Hall–Kier alpha value is -1.95. The lowest BCUT2D eigenvalue weighted by Crippen LogP contribution is -2.28. The van der Waals surface area contributed by atoms with Gasteiger partial charge in [-0.05, 0) is 25.8 Å². The average molecular weight is 286 g/mol. The Bertz CT molecular complexity index is 703. The minimum atomic E-state index is -0.00302. The number of nitrogens with zero attached hydrogens (tertiary/aromatic N) is 4. The van der Waals surface area contributed by atoms with E-state index in [2.05, 4.69) is 15.0 Å². The normalized spacial score (nSPS) is 25.3. The molecule has 0 amide bonds. The lowest BCUT2D eigenvalue weighted by Gasteiger charge is -2.22. The van der Waals surface area contributed by atoms with E-state index >= 15 is 0 Å². The molecule has 0 saturated carbocycles. The average Bonchev–Trinajstić information content (AvgIpc) is 3.19. The summed E-state index contributed by atoms with van der Waals surface area (Å²) in [6.07, 6.45) is 5.75. The molecule has 0 radical (unpaired) electrons. The third-order valence-electron chi connectivity index (χ3n) is 4.68. The summed E-state index contributed by atoms with van der Waals surface area (Å²) in [6, 6.07) is 1.97. The Morgan fingerprint density at radius 3 is 3.10 bits per heavy atom. The van der Waals surface area contributed by atoms with Gasteiger partial charge in [-0.15, -0.1) is 0 Å². The highest BCUT2D eigenvalue weighted by Crippen LogP contribution is 2.39. The first-order valence-corrected chi connectivity index (χ1v) is 7.35. The van der Waals surface area contributed by atoms with Gasteiger partial charge in [0, 0.05) is 31.3 Å². The van der Waals surface area contributed by atoms with Crippen molar-refractivity contribution in [3.8, 4) is 0 Å². The van der Waals surface area contributed by atoms with Crippen LogP contribution in [0.3, 0.4) is 0 Å². The van der Waals surface area contributed by atoms with Gasteiger partial charge < -0.3 is 9.64 Å². The Labute approximate surface area is 122 Å².